The first-order valence-corrected chi connectivity index (χ1v) is 11.3. The zero-order valence-corrected chi connectivity index (χ0v) is 18.5. The number of rotatable bonds is 5. The Morgan fingerprint density at radius 2 is 2.06 bits per heavy atom. The number of nitrogens with zero attached hydrogens (tertiary/aromatic N) is 2. The van der Waals surface area contributed by atoms with Crippen LogP contribution in [0.3, 0.4) is 0 Å². The summed E-state index contributed by atoms with van der Waals surface area (Å²) in [7, 11) is 0. The number of hydrogen-bond donors (Lipinski definition) is 2. The van der Waals surface area contributed by atoms with Crippen LogP contribution in [0, 0.1) is 0 Å². The van der Waals surface area contributed by atoms with Crippen molar-refractivity contribution in [3.63, 3.8) is 0 Å². The summed E-state index contributed by atoms with van der Waals surface area (Å²) in [6.07, 6.45) is 1.81. The highest BCUT2D eigenvalue weighted by Crippen LogP contribution is 2.33. The molecule has 0 radical (unpaired) electrons. The number of hydrogen-bond acceptors (Lipinski definition) is 6. The molecule has 4 aromatic rings. The van der Waals surface area contributed by atoms with E-state index in [-0.39, 0.29) is 12.5 Å². The van der Waals surface area contributed by atoms with Crippen LogP contribution in [-0.4, -0.2) is 34.2 Å². The molecule has 0 unspecified atom stereocenters. The molecule has 5 rings (SSSR count). The smallest absolute Gasteiger partial charge is 0.251 e. The van der Waals surface area contributed by atoms with Crippen LogP contribution >= 0.6 is 11.3 Å². The Hall–Kier alpha value is -3.13. The summed E-state index contributed by atoms with van der Waals surface area (Å²) < 4.78 is 6.61. The number of carbonyl (C=O) groups is 1. The molecule has 2 N–H and O–H groups in total. The first kappa shape index (κ1) is 20.8. The lowest BCUT2D eigenvalue weighted by Crippen LogP contribution is -2.37. The van der Waals surface area contributed by atoms with Crippen LogP contribution in [-0.2, 0) is 23.3 Å². The molecule has 7 heteroatoms. The number of pyridine rings is 1. The van der Waals surface area contributed by atoms with Crippen molar-refractivity contribution in [1.29, 1.82) is 0 Å². The van der Waals surface area contributed by atoms with Crippen molar-refractivity contribution >= 4 is 27.5 Å². The standard InChI is InChI=1S/C25H23N3O3S/c1-25(14-29)15-31-13-18-8-7-17(9-20(18)25)23(30)27-11-19-10-21-22(12-26-19)32-24(28-21)16-5-3-2-4-6-16/h2-10,12,29H,11,13-15H2,1H3,(H,27,30)/t25-/m1/s1. The molecule has 2 aromatic carbocycles. The minimum absolute atomic E-state index is 0.0341. The Bertz CT molecular complexity index is 1290. The first-order valence-electron chi connectivity index (χ1n) is 10.5. The number of amides is 1. The number of aromatic nitrogens is 2. The average Bonchev–Trinajstić information content (AvgIpc) is 3.27. The van der Waals surface area contributed by atoms with Crippen LogP contribution in [0.4, 0.5) is 0 Å². The summed E-state index contributed by atoms with van der Waals surface area (Å²) in [5, 5.41) is 13.7. The number of thiazole rings is 1. The van der Waals surface area contributed by atoms with Crippen molar-refractivity contribution in [1.82, 2.24) is 15.3 Å². The summed E-state index contributed by atoms with van der Waals surface area (Å²) in [4.78, 5) is 22.0. The number of ether oxygens (including phenoxy) is 1. The van der Waals surface area contributed by atoms with E-state index in [0.717, 1.165) is 37.6 Å². The maximum Gasteiger partial charge on any atom is 0.251 e. The number of aliphatic hydroxyl groups is 1. The van der Waals surface area contributed by atoms with Crippen LogP contribution < -0.4 is 5.32 Å². The van der Waals surface area contributed by atoms with Gasteiger partial charge >= 0.3 is 0 Å². The largest absolute Gasteiger partial charge is 0.395 e. The van der Waals surface area contributed by atoms with Gasteiger partial charge in [0.1, 0.15) is 5.01 Å². The number of fused-ring (bicyclic) bond motifs is 2. The second kappa shape index (κ2) is 8.43. The lowest BCUT2D eigenvalue weighted by Gasteiger charge is -2.34. The quantitative estimate of drug-likeness (QED) is 0.484. The van der Waals surface area contributed by atoms with Gasteiger partial charge in [-0.3, -0.25) is 9.78 Å². The van der Waals surface area contributed by atoms with Gasteiger partial charge in [-0.2, -0.15) is 0 Å². The SMILES string of the molecule is C[C@@]1(CO)COCc2ccc(C(=O)NCc3cc4nc(-c5ccccc5)sc4cn3)cc21. The van der Waals surface area contributed by atoms with Gasteiger partial charge in [-0.25, -0.2) is 4.98 Å². The molecule has 6 nitrogen and oxygen atoms in total. The zero-order chi connectivity index (χ0) is 22.1. The van der Waals surface area contributed by atoms with E-state index in [1.807, 2.05) is 61.7 Å². The number of aliphatic hydroxyl groups excluding tert-OH is 1. The van der Waals surface area contributed by atoms with Gasteiger partial charge in [-0.05, 0) is 29.3 Å². The molecule has 0 spiro atoms. The lowest BCUT2D eigenvalue weighted by molar-refractivity contribution is 0.0317. The van der Waals surface area contributed by atoms with Crippen molar-refractivity contribution in [3.05, 3.63) is 83.2 Å². The van der Waals surface area contributed by atoms with E-state index in [4.69, 9.17) is 9.72 Å². The molecule has 1 aliphatic rings. The van der Waals surface area contributed by atoms with Crippen LogP contribution in [0.5, 0.6) is 0 Å². The second-order valence-corrected chi connectivity index (χ2v) is 9.33. The van der Waals surface area contributed by atoms with E-state index in [0.29, 0.717) is 25.3 Å². The Labute approximate surface area is 189 Å². The van der Waals surface area contributed by atoms with Crippen molar-refractivity contribution in [2.45, 2.75) is 25.5 Å². The van der Waals surface area contributed by atoms with Crippen LogP contribution in [0.1, 0.15) is 34.1 Å². The third kappa shape index (κ3) is 3.90. The third-order valence-corrected chi connectivity index (χ3v) is 6.89. The van der Waals surface area contributed by atoms with E-state index in [9.17, 15) is 9.90 Å². The summed E-state index contributed by atoms with van der Waals surface area (Å²) in [6.45, 7) is 3.15. The molecule has 3 heterocycles. The third-order valence-electron chi connectivity index (χ3n) is 5.83. The predicted molar refractivity (Wildman–Crippen MR) is 125 cm³/mol. The average molecular weight is 446 g/mol. The highest BCUT2D eigenvalue weighted by atomic mass is 32.1. The minimum Gasteiger partial charge on any atom is -0.395 e. The van der Waals surface area contributed by atoms with Gasteiger partial charge in [0.2, 0.25) is 0 Å². The van der Waals surface area contributed by atoms with E-state index in [2.05, 4.69) is 10.3 Å². The molecule has 1 atom stereocenters. The van der Waals surface area contributed by atoms with Gasteiger partial charge in [0, 0.05) is 22.7 Å². The van der Waals surface area contributed by atoms with Crippen molar-refractivity contribution in [2.75, 3.05) is 13.2 Å². The maximum absolute atomic E-state index is 12.8. The Morgan fingerprint density at radius 1 is 1.22 bits per heavy atom. The summed E-state index contributed by atoms with van der Waals surface area (Å²) in [5.74, 6) is -0.176. The molecule has 0 bridgehead atoms. The fourth-order valence-corrected chi connectivity index (χ4v) is 4.87. The molecule has 0 fully saturated rings. The highest BCUT2D eigenvalue weighted by Gasteiger charge is 2.32. The number of nitrogens with one attached hydrogen (secondary N) is 1. The fourth-order valence-electron chi connectivity index (χ4n) is 3.95. The van der Waals surface area contributed by atoms with Crippen LogP contribution in [0.25, 0.3) is 20.8 Å². The molecular weight excluding hydrogens is 422 g/mol. The Balaban J connectivity index is 1.32. The molecule has 2 aromatic heterocycles. The summed E-state index contributed by atoms with van der Waals surface area (Å²) in [5.41, 5.74) is 4.74. The van der Waals surface area contributed by atoms with Gasteiger partial charge in [0.25, 0.3) is 5.91 Å². The van der Waals surface area contributed by atoms with Gasteiger partial charge in [0.15, 0.2) is 0 Å². The van der Waals surface area contributed by atoms with Crippen LogP contribution in [0.15, 0.2) is 60.8 Å². The van der Waals surface area contributed by atoms with Crippen molar-refractivity contribution < 1.29 is 14.6 Å². The van der Waals surface area contributed by atoms with Gasteiger partial charge in [-0.1, -0.05) is 43.3 Å². The Morgan fingerprint density at radius 3 is 2.88 bits per heavy atom. The van der Waals surface area contributed by atoms with Gasteiger partial charge < -0.3 is 15.2 Å². The highest BCUT2D eigenvalue weighted by molar-refractivity contribution is 7.21. The van der Waals surface area contributed by atoms with Crippen molar-refractivity contribution in [3.8, 4) is 10.6 Å². The minimum atomic E-state index is -0.502. The number of benzene rings is 2. The van der Waals surface area contributed by atoms with Gasteiger partial charge in [0.05, 0.1) is 42.3 Å². The fraction of sp³-hybridized carbons (Fsp3) is 0.240. The van der Waals surface area contributed by atoms with Crippen molar-refractivity contribution in [2.24, 2.45) is 0 Å². The van der Waals surface area contributed by atoms with E-state index < -0.39 is 5.41 Å². The maximum atomic E-state index is 12.8. The predicted octanol–water partition coefficient (Wildman–Crippen LogP) is 4.07. The molecule has 0 saturated carbocycles. The summed E-state index contributed by atoms with van der Waals surface area (Å²) in [6, 6.07) is 17.6. The lowest BCUT2D eigenvalue weighted by atomic mass is 9.79. The van der Waals surface area contributed by atoms with E-state index in [1.165, 1.54) is 0 Å². The number of carbonyl (C=O) groups excluding carboxylic acids is 1. The molecule has 162 valence electrons. The molecule has 0 aliphatic carbocycles. The monoisotopic (exact) mass is 445 g/mol. The molecule has 0 saturated heterocycles. The first-order chi connectivity index (χ1) is 15.6. The normalized spacial score (nSPS) is 17.8. The molecule has 1 amide bonds. The van der Waals surface area contributed by atoms with E-state index in [1.54, 1.807) is 17.4 Å². The van der Waals surface area contributed by atoms with E-state index >= 15 is 0 Å². The zero-order valence-electron chi connectivity index (χ0n) is 17.7. The Kier molecular flexibility index (Phi) is 5.46. The van der Waals surface area contributed by atoms with Crippen LogP contribution in [0.2, 0.25) is 0 Å². The topological polar surface area (TPSA) is 84.3 Å². The molecular formula is C25H23N3O3S. The summed E-state index contributed by atoms with van der Waals surface area (Å²) >= 11 is 1.60. The second-order valence-electron chi connectivity index (χ2n) is 8.29. The van der Waals surface area contributed by atoms with Gasteiger partial charge in [-0.15, -0.1) is 11.3 Å². The molecule has 1 aliphatic heterocycles. The molecule has 32 heavy (non-hydrogen) atoms.